The average molecular weight is 296 g/mol. The molecule has 5 heteroatoms. The van der Waals surface area contributed by atoms with Gasteiger partial charge in [-0.15, -0.1) is 0 Å². The van der Waals surface area contributed by atoms with Crippen molar-refractivity contribution in [3.8, 4) is 0 Å². The maximum Gasteiger partial charge on any atom is 0.193 e. The van der Waals surface area contributed by atoms with Crippen molar-refractivity contribution >= 4 is 22.7 Å². The molecule has 0 amide bonds. The Bertz CT molecular complexity index is 744. The standard InChI is InChI=1S/C16H16N4S/c1-11(17)9-13-10-12-5-2-3-6-14(12)20-15(13)21-16-18-7-4-8-19-16/h2-8,10-11H,9,17H2,1H3. The van der Waals surface area contributed by atoms with Gasteiger partial charge in [0.25, 0.3) is 0 Å². The molecule has 0 saturated carbocycles. The van der Waals surface area contributed by atoms with Gasteiger partial charge < -0.3 is 5.73 Å². The zero-order chi connectivity index (χ0) is 14.7. The van der Waals surface area contributed by atoms with Crippen molar-refractivity contribution in [1.29, 1.82) is 0 Å². The van der Waals surface area contributed by atoms with E-state index in [-0.39, 0.29) is 6.04 Å². The molecule has 3 rings (SSSR count). The fourth-order valence-electron chi connectivity index (χ4n) is 2.15. The molecule has 0 aliphatic rings. The molecule has 3 aromatic rings. The Hall–Kier alpha value is -1.98. The summed E-state index contributed by atoms with van der Waals surface area (Å²) in [5, 5.41) is 2.76. The summed E-state index contributed by atoms with van der Waals surface area (Å²) < 4.78 is 0. The van der Waals surface area contributed by atoms with Crippen LogP contribution in [0.25, 0.3) is 10.9 Å². The number of aromatic nitrogens is 3. The summed E-state index contributed by atoms with van der Waals surface area (Å²) >= 11 is 1.48. The maximum absolute atomic E-state index is 5.96. The molecule has 1 atom stereocenters. The molecule has 0 saturated heterocycles. The Balaban J connectivity index is 2.05. The Labute approximate surface area is 127 Å². The lowest BCUT2D eigenvalue weighted by Gasteiger charge is -2.11. The van der Waals surface area contributed by atoms with Crippen LogP contribution < -0.4 is 5.73 Å². The first kappa shape index (κ1) is 14.0. The fourth-order valence-corrected chi connectivity index (χ4v) is 2.97. The van der Waals surface area contributed by atoms with Crippen LogP contribution in [0.5, 0.6) is 0 Å². The van der Waals surface area contributed by atoms with E-state index in [9.17, 15) is 0 Å². The normalized spacial score (nSPS) is 12.5. The highest BCUT2D eigenvalue weighted by Crippen LogP contribution is 2.29. The maximum atomic E-state index is 5.96. The highest BCUT2D eigenvalue weighted by molar-refractivity contribution is 7.99. The molecule has 21 heavy (non-hydrogen) atoms. The number of nitrogens with zero attached hydrogens (tertiary/aromatic N) is 3. The van der Waals surface area contributed by atoms with Crippen LogP contribution >= 0.6 is 11.8 Å². The molecule has 1 aromatic carbocycles. The van der Waals surface area contributed by atoms with Crippen LogP contribution in [0.15, 0.2) is 59.0 Å². The lowest BCUT2D eigenvalue weighted by Crippen LogP contribution is -2.18. The predicted octanol–water partition coefficient (Wildman–Crippen LogP) is 3.07. The molecule has 0 bridgehead atoms. The summed E-state index contributed by atoms with van der Waals surface area (Å²) in [5.74, 6) is 0. The van der Waals surface area contributed by atoms with Gasteiger partial charge in [0.05, 0.1) is 5.52 Å². The van der Waals surface area contributed by atoms with Crippen LogP contribution in [0, 0.1) is 0 Å². The van der Waals surface area contributed by atoms with Crippen LogP contribution in [0.2, 0.25) is 0 Å². The Kier molecular flexibility index (Phi) is 4.13. The molecule has 0 radical (unpaired) electrons. The minimum absolute atomic E-state index is 0.0870. The Morgan fingerprint density at radius 3 is 2.67 bits per heavy atom. The van der Waals surface area contributed by atoms with Gasteiger partial charge in [0, 0.05) is 23.8 Å². The number of hydrogen-bond donors (Lipinski definition) is 1. The number of para-hydroxylation sites is 1. The lowest BCUT2D eigenvalue weighted by molar-refractivity contribution is 0.724. The van der Waals surface area contributed by atoms with Crippen molar-refractivity contribution in [2.75, 3.05) is 0 Å². The van der Waals surface area contributed by atoms with E-state index in [1.807, 2.05) is 25.1 Å². The Morgan fingerprint density at radius 2 is 1.90 bits per heavy atom. The second kappa shape index (κ2) is 6.20. The summed E-state index contributed by atoms with van der Waals surface area (Å²) in [6, 6.07) is 12.2. The molecule has 2 N–H and O–H groups in total. The van der Waals surface area contributed by atoms with Gasteiger partial charge in [-0.1, -0.05) is 18.2 Å². The minimum Gasteiger partial charge on any atom is -0.328 e. The first-order valence-corrected chi connectivity index (χ1v) is 7.63. The van der Waals surface area contributed by atoms with Gasteiger partial charge in [0.2, 0.25) is 0 Å². The third-order valence-corrected chi connectivity index (χ3v) is 3.98. The van der Waals surface area contributed by atoms with Crippen LogP contribution in [0.4, 0.5) is 0 Å². The van der Waals surface area contributed by atoms with E-state index < -0.39 is 0 Å². The number of benzene rings is 1. The topological polar surface area (TPSA) is 64.7 Å². The van der Waals surface area contributed by atoms with E-state index in [1.165, 1.54) is 11.8 Å². The van der Waals surface area contributed by atoms with Gasteiger partial charge in [0.15, 0.2) is 5.16 Å². The second-order valence-electron chi connectivity index (χ2n) is 4.96. The third kappa shape index (κ3) is 3.37. The number of fused-ring (bicyclic) bond motifs is 1. The molecular weight excluding hydrogens is 280 g/mol. The average Bonchev–Trinajstić information content (AvgIpc) is 2.48. The molecule has 4 nitrogen and oxygen atoms in total. The van der Waals surface area contributed by atoms with E-state index in [0.717, 1.165) is 27.9 Å². The van der Waals surface area contributed by atoms with E-state index in [4.69, 9.17) is 10.7 Å². The Morgan fingerprint density at radius 1 is 1.14 bits per heavy atom. The summed E-state index contributed by atoms with van der Waals surface area (Å²) in [7, 11) is 0. The smallest absolute Gasteiger partial charge is 0.193 e. The highest BCUT2D eigenvalue weighted by atomic mass is 32.2. The fraction of sp³-hybridized carbons (Fsp3) is 0.188. The van der Waals surface area contributed by atoms with Gasteiger partial charge in [-0.2, -0.15) is 0 Å². The lowest BCUT2D eigenvalue weighted by atomic mass is 10.1. The number of nitrogens with two attached hydrogens (primary N) is 1. The van der Waals surface area contributed by atoms with Crippen molar-refractivity contribution in [1.82, 2.24) is 15.0 Å². The van der Waals surface area contributed by atoms with Crippen molar-refractivity contribution < 1.29 is 0 Å². The van der Waals surface area contributed by atoms with Crippen LogP contribution in [0.1, 0.15) is 12.5 Å². The first-order chi connectivity index (χ1) is 10.2. The SMILES string of the molecule is CC(N)Cc1cc2ccccc2nc1Sc1ncccn1. The van der Waals surface area contributed by atoms with Gasteiger partial charge in [-0.05, 0) is 48.9 Å². The highest BCUT2D eigenvalue weighted by Gasteiger charge is 2.11. The van der Waals surface area contributed by atoms with Crippen molar-refractivity contribution in [2.24, 2.45) is 5.73 Å². The van der Waals surface area contributed by atoms with E-state index >= 15 is 0 Å². The summed E-state index contributed by atoms with van der Waals surface area (Å²) in [6.45, 7) is 2.00. The summed E-state index contributed by atoms with van der Waals surface area (Å²) in [6.07, 6.45) is 4.26. The number of pyridine rings is 1. The van der Waals surface area contributed by atoms with Gasteiger partial charge in [-0.3, -0.25) is 0 Å². The van der Waals surface area contributed by atoms with E-state index in [0.29, 0.717) is 5.16 Å². The molecule has 0 aliphatic carbocycles. The molecule has 1 unspecified atom stereocenters. The van der Waals surface area contributed by atoms with Gasteiger partial charge >= 0.3 is 0 Å². The summed E-state index contributed by atoms with van der Waals surface area (Å²) in [4.78, 5) is 13.3. The largest absolute Gasteiger partial charge is 0.328 e. The summed E-state index contributed by atoms with van der Waals surface area (Å²) in [5.41, 5.74) is 8.08. The molecule has 0 fully saturated rings. The van der Waals surface area contributed by atoms with Crippen LogP contribution in [-0.4, -0.2) is 21.0 Å². The van der Waals surface area contributed by atoms with E-state index in [1.54, 1.807) is 18.5 Å². The molecule has 106 valence electrons. The molecule has 2 aromatic heterocycles. The molecular formula is C16H16N4S. The zero-order valence-corrected chi connectivity index (χ0v) is 12.5. The molecule has 0 spiro atoms. The van der Waals surface area contributed by atoms with Crippen LogP contribution in [0.3, 0.4) is 0 Å². The van der Waals surface area contributed by atoms with Crippen molar-refractivity contribution in [3.63, 3.8) is 0 Å². The minimum atomic E-state index is 0.0870. The molecule has 2 heterocycles. The zero-order valence-electron chi connectivity index (χ0n) is 11.7. The van der Waals surface area contributed by atoms with Gasteiger partial charge in [-0.25, -0.2) is 15.0 Å². The first-order valence-electron chi connectivity index (χ1n) is 6.81. The number of hydrogen-bond acceptors (Lipinski definition) is 5. The van der Waals surface area contributed by atoms with Crippen molar-refractivity contribution in [2.45, 2.75) is 29.6 Å². The predicted molar refractivity (Wildman–Crippen MR) is 85.3 cm³/mol. The number of rotatable bonds is 4. The van der Waals surface area contributed by atoms with E-state index in [2.05, 4.69) is 22.1 Å². The third-order valence-electron chi connectivity index (χ3n) is 3.04. The quantitative estimate of drug-likeness (QED) is 0.750. The second-order valence-corrected chi connectivity index (χ2v) is 5.92. The monoisotopic (exact) mass is 296 g/mol. The van der Waals surface area contributed by atoms with Crippen LogP contribution in [-0.2, 0) is 6.42 Å². The molecule has 0 aliphatic heterocycles. The van der Waals surface area contributed by atoms with Crippen molar-refractivity contribution in [3.05, 3.63) is 54.4 Å². The van der Waals surface area contributed by atoms with Gasteiger partial charge in [0.1, 0.15) is 5.03 Å².